The van der Waals surface area contributed by atoms with E-state index in [9.17, 15) is 0 Å². The van der Waals surface area contributed by atoms with Gasteiger partial charge in [0, 0.05) is 24.1 Å². The minimum atomic E-state index is 0.926. The van der Waals surface area contributed by atoms with Crippen LogP contribution in [0, 0.1) is 6.92 Å². The van der Waals surface area contributed by atoms with Crippen LogP contribution >= 0.6 is 0 Å². The summed E-state index contributed by atoms with van der Waals surface area (Å²) < 4.78 is 2.26. The highest BCUT2D eigenvalue weighted by Crippen LogP contribution is 2.16. The first-order valence-corrected chi connectivity index (χ1v) is 6.26. The molecule has 1 heterocycles. The topological polar surface area (TPSA) is 17.0 Å². The molecule has 0 aliphatic rings. The zero-order valence-electron chi connectivity index (χ0n) is 10.6. The summed E-state index contributed by atoms with van der Waals surface area (Å²) in [7, 11) is 0. The molecule has 0 radical (unpaired) electrons. The molecule has 0 amide bonds. The molecule has 0 aliphatic carbocycles. The molecule has 0 saturated heterocycles. The average molecular weight is 228 g/mol. The van der Waals surface area contributed by atoms with E-state index in [1.165, 1.54) is 23.4 Å². The Morgan fingerprint density at radius 1 is 1.12 bits per heavy atom. The molecule has 0 bridgehead atoms. The molecule has 1 N–H and O–H groups in total. The number of aromatic nitrogens is 1. The summed E-state index contributed by atoms with van der Waals surface area (Å²) >= 11 is 0. The molecule has 90 valence electrons. The molecule has 2 heteroatoms. The van der Waals surface area contributed by atoms with E-state index in [2.05, 4.69) is 66.3 Å². The van der Waals surface area contributed by atoms with Gasteiger partial charge in [0.05, 0.1) is 0 Å². The smallest absolute Gasteiger partial charge is 0.0481 e. The first-order valence-electron chi connectivity index (χ1n) is 6.26. The highest BCUT2D eigenvalue weighted by atomic mass is 15.0. The maximum atomic E-state index is 3.45. The van der Waals surface area contributed by atoms with E-state index >= 15 is 0 Å². The Hall–Kier alpha value is -1.54. The van der Waals surface area contributed by atoms with Crippen molar-refractivity contribution in [2.24, 2.45) is 0 Å². The number of para-hydroxylation sites is 1. The lowest BCUT2D eigenvalue weighted by molar-refractivity contribution is 0.656. The van der Waals surface area contributed by atoms with Crippen molar-refractivity contribution in [3.05, 3.63) is 53.9 Å². The standard InChI is InChI=1S/C15H20N2/c1-3-10-16-12-14-8-6-11-17(14)15-9-5-4-7-13(15)2/h4-9,11,16H,3,10,12H2,1-2H3. The lowest BCUT2D eigenvalue weighted by atomic mass is 10.2. The fourth-order valence-electron chi connectivity index (χ4n) is 2.02. The summed E-state index contributed by atoms with van der Waals surface area (Å²) in [5, 5.41) is 3.45. The Bertz CT molecular complexity index is 471. The summed E-state index contributed by atoms with van der Waals surface area (Å²) in [6, 6.07) is 12.8. The SMILES string of the molecule is CCCNCc1cccn1-c1ccccc1C. The Kier molecular flexibility index (Phi) is 3.99. The first kappa shape index (κ1) is 11.9. The lowest BCUT2D eigenvalue weighted by Crippen LogP contribution is -2.16. The van der Waals surface area contributed by atoms with Crippen molar-refractivity contribution >= 4 is 0 Å². The van der Waals surface area contributed by atoms with Crippen molar-refractivity contribution in [3.63, 3.8) is 0 Å². The summed E-state index contributed by atoms with van der Waals surface area (Å²) in [6.07, 6.45) is 3.30. The molecule has 0 spiro atoms. The van der Waals surface area contributed by atoms with Gasteiger partial charge in [0.25, 0.3) is 0 Å². The molecule has 2 nitrogen and oxygen atoms in total. The van der Waals surface area contributed by atoms with Gasteiger partial charge in [0.1, 0.15) is 0 Å². The second kappa shape index (κ2) is 5.69. The van der Waals surface area contributed by atoms with Crippen molar-refractivity contribution in [2.75, 3.05) is 6.54 Å². The maximum absolute atomic E-state index is 3.45. The molecular weight excluding hydrogens is 208 g/mol. The van der Waals surface area contributed by atoms with Crippen LogP contribution in [0.3, 0.4) is 0 Å². The van der Waals surface area contributed by atoms with Crippen LogP contribution in [-0.2, 0) is 6.54 Å². The van der Waals surface area contributed by atoms with Crippen molar-refractivity contribution < 1.29 is 0 Å². The Labute approximate surface area is 103 Å². The third kappa shape index (κ3) is 2.77. The van der Waals surface area contributed by atoms with Gasteiger partial charge >= 0.3 is 0 Å². The average Bonchev–Trinajstić information content (AvgIpc) is 2.78. The normalized spacial score (nSPS) is 10.7. The zero-order chi connectivity index (χ0) is 12.1. The van der Waals surface area contributed by atoms with E-state index in [0.717, 1.165) is 13.1 Å². The number of hydrogen-bond acceptors (Lipinski definition) is 1. The number of nitrogens with one attached hydrogen (secondary N) is 1. The molecule has 2 rings (SSSR count). The molecule has 0 unspecified atom stereocenters. The number of rotatable bonds is 5. The fourth-order valence-corrected chi connectivity index (χ4v) is 2.02. The fraction of sp³-hybridized carbons (Fsp3) is 0.333. The van der Waals surface area contributed by atoms with Crippen molar-refractivity contribution in [3.8, 4) is 5.69 Å². The van der Waals surface area contributed by atoms with Gasteiger partial charge < -0.3 is 9.88 Å². The van der Waals surface area contributed by atoms with Gasteiger partial charge in [-0.05, 0) is 43.7 Å². The zero-order valence-corrected chi connectivity index (χ0v) is 10.6. The van der Waals surface area contributed by atoms with Gasteiger partial charge in [-0.1, -0.05) is 25.1 Å². The van der Waals surface area contributed by atoms with Crippen LogP contribution in [-0.4, -0.2) is 11.1 Å². The van der Waals surface area contributed by atoms with Crippen molar-refractivity contribution in [1.82, 2.24) is 9.88 Å². The summed E-state index contributed by atoms with van der Waals surface area (Å²) in [5.74, 6) is 0. The molecule has 1 aromatic heterocycles. The summed E-state index contributed by atoms with van der Waals surface area (Å²) in [6.45, 7) is 6.33. The van der Waals surface area contributed by atoms with Gasteiger partial charge in [-0.2, -0.15) is 0 Å². The molecule has 0 fully saturated rings. The van der Waals surface area contributed by atoms with E-state index in [1.54, 1.807) is 0 Å². The number of aryl methyl sites for hydroxylation is 1. The minimum Gasteiger partial charge on any atom is -0.319 e. The van der Waals surface area contributed by atoms with Gasteiger partial charge in [0.2, 0.25) is 0 Å². The molecule has 1 aromatic carbocycles. The highest BCUT2D eigenvalue weighted by Gasteiger charge is 2.04. The van der Waals surface area contributed by atoms with Gasteiger partial charge in [-0.3, -0.25) is 0 Å². The first-order chi connectivity index (χ1) is 8.33. The van der Waals surface area contributed by atoms with Crippen LogP contribution < -0.4 is 5.32 Å². The largest absolute Gasteiger partial charge is 0.319 e. The van der Waals surface area contributed by atoms with Gasteiger partial charge in [-0.25, -0.2) is 0 Å². The monoisotopic (exact) mass is 228 g/mol. The Morgan fingerprint density at radius 2 is 1.94 bits per heavy atom. The third-order valence-electron chi connectivity index (χ3n) is 2.94. The second-order valence-corrected chi connectivity index (χ2v) is 4.33. The molecular formula is C15H20N2. The van der Waals surface area contributed by atoms with Crippen LogP contribution in [0.15, 0.2) is 42.6 Å². The van der Waals surface area contributed by atoms with Crippen molar-refractivity contribution in [2.45, 2.75) is 26.8 Å². The predicted octanol–water partition coefficient (Wildman–Crippen LogP) is 3.29. The van der Waals surface area contributed by atoms with E-state index in [1.807, 2.05) is 0 Å². The number of benzene rings is 1. The van der Waals surface area contributed by atoms with Crippen LogP contribution in [0.4, 0.5) is 0 Å². The Balaban J connectivity index is 2.22. The van der Waals surface area contributed by atoms with Crippen LogP contribution in [0.5, 0.6) is 0 Å². The highest BCUT2D eigenvalue weighted by molar-refractivity contribution is 5.42. The van der Waals surface area contributed by atoms with Crippen LogP contribution in [0.2, 0.25) is 0 Å². The van der Waals surface area contributed by atoms with Gasteiger partial charge in [-0.15, -0.1) is 0 Å². The quantitative estimate of drug-likeness (QED) is 0.777. The maximum Gasteiger partial charge on any atom is 0.0481 e. The Morgan fingerprint density at radius 3 is 2.71 bits per heavy atom. The second-order valence-electron chi connectivity index (χ2n) is 4.33. The molecule has 0 atom stereocenters. The minimum absolute atomic E-state index is 0.926. The predicted molar refractivity (Wildman–Crippen MR) is 72.5 cm³/mol. The number of hydrogen-bond donors (Lipinski definition) is 1. The molecule has 0 aliphatic heterocycles. The van der Waals surface area contributed by atoms with E-state index < -0.39 is 0 Å². The summed E-state index contributed by atoms with van der Waals surface area (Å²) in [4.78, 5) is 0. The van der Waals surface area contributed by atoms with E-state index in [-0.39, 0.29) is 0 Å². The van der Waals surface area contributed by atoms with E-state index in [0.29, 0.717) is 0 Å². The number of nitrogens with zero attached hydrogens (tertiary/aromatic N) is 1. The van der Waals surface area contributed by atoms with E-state index in [4.69, 9.17) is 0 Å². The summed E-state index contributed by atoms with van der Waals surface area (Å²) in [5.41, 5.74) is 3.89. The van der Waals surface area contributed by atoms with Crippen LogP contribution in [0.1, 0.15) is 24.6 Å². The van der Waals surface area contributed by atoms with Crippen molar-refractivity contribution in [1.29, 1.82) is 0 Å². The molecule has 2 aromatic rings. The lowest BCUT2D eigenvalue weighted by Gasteiger charge is -2.12. The third-order valence-corrected chi connectivity index (χ3v) is 2.94. The molecule has 0 saturated carbocycles. The van der Waals surface area contributed by atoms with Gasteiger partial charge in [0.15, 0.2) is 0 Å². The van der Waals surface area contributed by atoms with Crippen LogP contribution in [0.25, 0.3) is 5.69 Å². The molecule has 17 heavy (non-hydrogen) atoms.